The first-order valence-electron chi connectivity index (χ1n) is 10.8. The maximum atomic E-state index is 12.9. The molecule has 0 radical (unpaired) electrons. The van der Waals surface area contributed by atoms with Gasteiger partial charge in [0.05, 0.1) is 13.7 Å². The number of likely N-dealkylation sites (tertiary alicyclic amines) is 1. The van der Waals surface area contributed by atoms with Gasteiger partial charge in [0, 0.05) is 18.0 Å². The molecule has 30 heavy (non-hydrogen) atoms. The minimum atomic E-state index is -0.372. The molecule has 8 nitrogen and oxygen atoms in total. The SMILES string of the molecule is COc1ccc(-c2n[nH]c(CNC(=O)C3CCCN3C(=O)C3CCCCC3)n2)cc1. The van der Waals surface area contributed by atoms with Crippen LogP contribution in [0, 0.1) is 5.92 Å². The van der Waals surface area contributed by atoms with Crippen LogP contribution in [0.3, 0.4) is 0 Å². The van der Waals surface area contributed by atoms with Crippen molar-refractivity contribution in [3.63, 3.8) is 0 Å². The Balaban J connectivity index is 1.33. The number of aromatic amines is 1. The van der Waals surface area contributed by atoms with Crippen molar-refractivity contribution in [3.8, 4) is 17.1 Å². The van der Waals surface area contributed by atoms with Crippen molar-refractivity contribution in [2.75, 3.05) is 13.7 Å². The number of benzene rings is 1. The van der Waals surface area contributed by atoms with E-state index in [-0.39, 0.29) is 30.3 Å². The van der Waals surface area contributed by atoms with Crippen molar-refractivity contribution >= 4 is 11.8 Å². The highest BCUT2D eigenvalue weighted by Gasteiger charge is 2.37. The number of amides is 2. The molecule has 0 bridgehead atoms. The summed E-state index contributed by atoms with van der Waals surface area (Å²) in [5.41, 5.74) is 0.865. The summed E-state index contributed by atoms with van der Waals surface area (Å²) in [7, 11) is 1.62. The van der Waals surface area contributed by atoms with E-state index >= 15 is 0 Å². The van der Waals surface area contributed by atoms with Gasteiger partial charge in [0.15, 0.2) is 5.82 Å². The normalized spacial score (nSPS) is 19.6. The zero-order valence-electron chi connectivity index (χ0n) is 17.4. The molecule has 1 atom stereocenters. The molecular formula is C22H29N5O3. The van der Waals surface area contributed by atoms with Crippen LogP contribution in [-0.4, -0.2) is 51.6 Å². The second kappa shape index (κ2) is 9.28. The van der Waals surface area contributed by atoms with E-state index in [4.69, 9.17) is 4.74 Å². The molecule has 2 fully saturated rings. The molecule has 4 rings (SSSR count). The smallest absolute Gasteiger partial charge is 0.243 e. The molecule has 2 aromatic rings. The molecule has 1 aromatic carbocycles. The lowest BCUT2D eigenvalue weighted by Crippen LogP contribution is -2.48. The maximum Gasteiger partial charge on any atom is 0.243 e. The van der Waals surface area contributed by atoms with Gasteiger partial charge in [-0.05, 0) is 49.9 Å². The van der Waals surface area contributed by atoms with Crippen LogP contribution in [0.5, 0.6) is 5.75 Å². The van der Waals surface area contributed by atoms with E-state index in [9.17, 15) is 9.59 Å². The number of nitrogens with zero attached hydrogens (tertiary/aromatic N) is 3. The summed E-state index contributed by atoms with van der Waals surface area (Å²) in [5.74, 6) is 2.06. The monoisotopic (exact) mass is 411 g/mol. The fourth-order valence-corrected chi connectivity index (χ4v) is 4.42. The Hall–Kier alpha value is -2.90. The van der Waals surface area contributed by atoms with Crippen LogP contribution >= 0.6 is 0 Å². The lowest BCUT2D eigenvalue weighted by Gasteiger charge is -2.30. The average molecular weight is 412 g/mol. The number of hydrogen-bond acceptors (Lipinski definition) is 5. The summed E-state index contributed by atoms with van der Waals surface area (Å²) < 4.78 is 5.16. The molecule has 2 aliphatic rings. The highest BCUT2D eigenvalue weighted by Crippen LogP contribution is 2.29. The largest absolute Gasteiger partial charge is 0.497 e. The fourth-order valence-electron chi connectivity index (χ4n) is 4.42. The third kappa shape index (κ3) is 4.47. The van der Waals surface area contributed by atoms with Gasteiger partial charge in [-0.15, -0.1) is 0 Å². The summed E-state index contributed by atoms with van der Waals surface area (Å²) in [5, 5.41) is 10.0. The molecule has 160 valence electrons. The molecule has 1 saturated heterocycles. The molecule has 1 saturated carbocycles. The molecule has 2 heterocycles. The van der Waals surface area contributed by atoms with Gasteiger partial charge in [-0.2, -0.15) is 5.10 Å². The summed E-state index contributed by atoms with van der Waals surface area (Å²) in [6.45, 7) is 0.932. The van der Waals surface area contributed by atoms with Gasteiger partial charge in [0.25, 0.3) is 0 Å². The number of hydrogen-bond donors (Lipinski definition) is 2. The number of aromatic nitrogens is 3. The Labute approximate surface area is 176 Å². The Kier molecular flexibility index (Phi) is 6.30. The second-order valence-corrected chi connectivity index (χ2v) is 8.08. The molecule has 1 aliphatic carbocycles. The zero-order chi connectivity index (χ0) is 20.9. The van der Waals surface area contributed by atoms with E-state index in [0.717, 1.165) is 49.8 Å². The number of nitrogens with one attached hydrogen (secondary N) is 2. The van der Waals surface area contributed by atoms with E-state index in [2.05, 4.69) is 20.5 Å². The van der Waals surface area contributed by atoms with Crippen molar-refractivity contribution < 1.29 is 14.3 Å². The number of ether oxygens (including phenoxy) is 1. The minimum absolute atomic E-state index is 0.0912. The Morgan fingerprint density at radius 1 is 1.13 bits per heavy atom. The van der Waals surface area contributed by atoms with Crippen molar-refractivity contribution in [3.05, 3.63) is 30.1 Å². The van der Waals surface area contributed by atoms with Crippen LogP contribution in [0.15, 0.2) is 24.3 Å². The van der Waals surface area contributed by atoms with Crippen LogP contribution in [0.25, 0.3) is 11.4 Å². The van der Waals surface area contributed by atoms with Crippen molar-refractivity contribution in [2.24, 2.45) is 5.92 Å². The number of H-pyrrole nitrogens is 1. The maximum absolute atomic E-state index is 12.9. The highest BCUT2D eigenvalue weighted by molar-refractivity contribution is 5.89. The minimum Gasteiger partial charge on any atom is -0.497 e. The first-order valence-corrected chi connectivity index (χ1v) is 10.8. The van der Waals surface area contributed by atoms with Gasteiger partial charge >= 0.3 is 0 Å². The molecular weight excluding hydrogens is 382 g/mol. The van der Waals surface area contributed by atoms with E-state index < -0.39 is 0 Å². The van der Waals surface area contributed by atoms with Crippen LogP contribution in [0.1, 0.15) is 50.8 Å². The number of rotatable bonds is 6. The topological polar surface area (TPSA) is 100 Å². The number of carbonyl (C=O) groups is 2. The van der Waals surface area contributed by atoms with Crippen LogP contribution < -0.4 is 10.1 Å². The first-order chi connectivity index (χ1) is 14.7. The van der Waals surface area contributed by atoms with Crippen LogP contribution in [-0.2, 0) is 16.1 Å². The summed E-state index contributed by atoms with van der Waals surface area (Å²) in [4.78, 5) is 31.9. The van der Waals surface area contributed by atoms with Crippen molar-refractivity contribution in [1.82, 2.24) is 25.4 Å². The van der Waals surface area contributed by atoms with E-state index in [1.165, 1.54) is 6.42 Å². The molecule has 2 N–H and O–H groups in total. The Bertz CT molecular complexity index is 873. The van der Waals surface area contributed by atoms with Gasteiger partial charge < -0.3 is 15.0 Å². The summed E-state index contributed by atoms with van der Waals surface area (Å²) >= 11 is 0. The first kappa shape index (κ1) is 20.4. The Morgan fingerprint density at radius 2 is 1.90 bits per heavy atom. The van der Waals surface area contributed by atoms with Gasteiger partial charge in [-0.3, -0.25) is 14.7 Å². The van der Waals surface area contributed by atoms with E-state index in [0.29, 0.717) is 18.2 Å². The van der Waals surface area contributed by atoms with E-state index in [1.54, 1.807) is 12.0 Å². The third-order valence-electron chi connectivity index (χ3n) is 6.10. The lowest BCUT2D eigenvalue weighted by molar-refractivity contribution is -0.142. The van der Waals surface area contributed by atoms with Gasteiger partial charge in [0.1, 0.15) is 17.6 Å². The standard InChI is InChI=1S/C22H29N5O3/c1-30-17-11-9-15(10-12-17)20-24-19(25-26-20)14-23-21(28)18-8-5-13-27(18)22(29)16-6-3-2-4-7-16/h9-12,16,18H,2-8,13-14H2,1H3,(H,23,28)(H,24,25,26). The predicted octanol–water partition coefficient (Wildman–Crippen LogP) is 2.67. The van der Waals surface area contributed by atoms with Gasteiger partial charge in [0.2, 0.25) is 11.8 Å². The van der Waals surface area contributed by atoms with Crippen LogP contribution in [0.4, 0.5) is 0 Å². The molecule has 2 amide bonds. The van der Waals surface area contributed by atoms with Crippen LogP contribution in [0.2, 0.25) is 0 Å². The van der Waals surface area contributed by atoms with Crippen molar-refractivity contribution in [1.29, 1.82) is 0 Å². The molecule has 8 heteroatoms. The van der Waals surface area contributed by atoms with E-state index in [1.807, 2.05) is 24.3 Å². The average Bonchev–Trinajstić information content (AvgIpc) is 3.48. The molecule has 1 aromatic heterocycles. The lowest BCUT2D eigenvalue weighted by atomic mass is 9.88. The van der Waals surface area contributed by atoms with Crippen molar-refractivity contribution in [2.45, 2.75) is 57.5 Å². The molecule has 1 aliphatic heterocycles. The Morgan fingerprint density at radius 3 is 2.63 bits per heavy atom. The third-order valence-corrected chi connectivity index (χ3v) is 6.10. The highest BCUT2D eigenvalue weighted by atomic mass is 16.5. The fraction of sp³-hybridized carbons (Fsp3) is 0.545. The second-order valence-electron chi connectivity index (χ2n) is 8.08. The summed E-state index contributed by atoms with van der Waals surface area (Å²) in [6.07, 6.45) is 6.94. The van der Waals surface area contributed by atoms with Gasteiger partial charge in [-0.1, -0.05) is 19.3 Å². The van der Waals surface area contributed by atoms with Gasteiger partial charge in [-0.25, -0.2) is 4.98 Å². The molecule has 0 spiro atoms. The summed E-state index contributed by atoms with van der Waals surface area (Å²) in [6, 6.07) is 7.11. The number of methoxy groups -OCH3 is 1. The zero-order valence-corrected chi connectivity index (χ0v) is 17.4. The molecule has 1 unspecified atom stereocenters. The number of carbonyl (C=O) groups excluding carboxylic acids is 2. The predicted molar refractivity (Wildman–Crippen MR) is 112 cm³/mol. The quantitative estimate of drug-likeness (QED) is 0.761.